The van der Waals surface area contributed by atoms with Crippen LogP contribution in [0.4, 0.5) is 0 Å². The van der Waals surface area contributed by atoms with E-state index in [2.05, 4.69) is 0 Å². The van der Waals surface area contributed by atoms with Crippen LogP contribution in [0, 0.1) is 6.92 Å². The first kappa shape index (κ1) is 25.6. The van der Waals surface area contributed by atoms with Crippen LogP contribution in [0.15, 0.2) is 58.9 Å². The zero-order valence-electron chi connectivity index (χ0n) is 20.5. The lowest BCUT2D eigenvalue weighted by Crippen LogP contribution is -2.41. The van der Waals surface area contributed by atoms with E-state index in [9.17, 15) is 19.5 Å². The monoisotopic (exact) mass is 539 g/mol. The minimum absolute atomic E-state index is 0.0708. The fraction of sp³-hybridized carbons (Fsp3) is 0.345. The largest absolute Gasteiger partial charge is 0.486 e. The number of hydrogen-bond donors (Lipinski definition) is 1. The normalized spacial score (nSPS) is 18.2. The number of carboxylic acids is 1. The molecule has 0 saturated heterocycles. The Labute approximate surface area is 225 Å². The summed E-state index contributed by atoms with van der Waals surface area (Å²) in [5.41, 5.74) is 5.13. The number of nitrogens with zero attached hydrogens (tertiary/aromatic N) is 1. The Morgan fingerprint density at radius 3 is 2.00 bits per heavy atom. The number of allylic oxidation sites excluding steroid dienone is 4. The Kier molecular flexibility index (Phi) is 7.15. The van der Waals surface area contributed by atoms with E-state index in [0.717, 1.165) is 11.1 Å². The molecule has 0 radical (unpaired) electrons. The van der Waals surface area contributed by atoms with Gasteiger partial charge in [0.15, 0.2) is 17.3 Å². The van der Waals surface area contributed by atoms with Crippen LogP contribution >= 0.6 is 23.2 Å². The van der Waals surface area contributed by atoms with Crippen molar-refractivity contribution in [1.82, 2.24) is 4.90 Å². The average molecular weight is 540 g/mol. The summed E-state index contributed by atoms with van der Waals surface area (Å²) in [6.45, 7) is 2.02. The molecule has 192 valence electrons. The van der Waals surface area contributed by atoms with E-state index < -0.39 is 11.9 Å². The molecule has 2 aromatic carbocycles. The third-order valence-corrected chi connectivity index (χ3v) is 7.80. The molecule has 2 aromatic rings. The Balaban J connectivity index is 1.57. The molecule has 0 spiro atoms. The summed E-state index contributed by atoms with van der Waals surface area (Å²) in [6.07, 6.45) is 3.15. The number of aryl methyl sites for hydroxylation is 1. The van der Waals surface area contributed by atoms with Gasteiger partial charge < -0.3 is 14.7 Å². The SMILES string of the molecule is Cc1ccc(COc2c(Cl)cc(C3C4=C(CCCC4=O)N(CC(=O)O)C4=C3C(=O)CCC4)cc2Cl)cc1. The molecule has 0 atom stereocenters. The van der Waals surface area contributed by atoms with Gasteiger partial charge in [-0.15, -0.1) is 0 Å². The van der Waals surface area contributed by atoms with Crippen LogP contribution in [0.1, 0.15) is 61.1 Å². The van der Waals surface area contributed by atoms with Gasteiger partial charge in [-0.25, -0.2) is 0 Å². The average Bonchev–Trinajstić information content (AvgIpc) is 2.85. The van der Waals surface area contributed by atoms with E-state index in [1.165, 1.54) is 0 Å². The number of hydrogen-bond acceptors (Lipinski definition) is 5. The summed E-state index contributed by atoms with van der Waals surface area (Å²) < 4.78 is 5.96. The summed E-state index contributed by atoms with van der Waals surface area (Å²) in [5.74, 6) is -1.44. The van der Waals surface area contributed by atoms with Gasteiger partial charge in [0.1, 0.15) is 13.2 Å². The maximum Gasteiger partial charge on any atom is 0.323 e. The molecule has 2 aliphatic carbocycles. The van der Waals surface area contributed by atoms with E-state index in [1.54, 1.807) is 17.0 Å². The van der Waals surface area contributed by atoms with Gasteiger partial charge in [-0.3, -0.25) is 14.4 Å². The van der Waals surface area contributed by atoms with Crippen LogP contribution in [-0.4, -0.2) is 34.1 Å². The smallest absolute Gasteiger partial charge is 0.323 e. The number of ketones is 2. The van der Waals surface area contributed by atoms with Gasteiger partial charge >= 0.3 is 5.97 Å². The van der Waals surface area contributed by atoms with Gasteiger partial charge in [-0.05, 0) is 55.9 Å². The summed E-state index contributed by atoms with van der Waals surface area (Å²) >= 11 is 13.3. The number of ether oxygens (including phenoxy) is 1. The van der Waals surface area contributed by atoms with Gasteiger partial charge in [0, 0.05) is 41.3 Å². The number of aliphatic carboxylic acids is 1. The van der Waals surface area contributed by atoms with E-state index in [1.807, 2.05) is 31.2 Å². The van der Waals surface area contributed by atoms with Crippen molar-refractivity contribution in [2.75, 3.05) is 6.54 Å². The molecule has 0 fully saturated rings. The van der Waals surface area contributed by atoms with Crippen LogP contribution in [0.2, 0.25) is 10.0 Å². The number of halogens is 2. The van der Waals surface area contributed by atoms with Crippen molar-refractivity contribution >= 4 is 40.7 Å². The molecule has 1 heterocycles. The molecule has 0 amide bonds. The topological polar surface area (TPSA) is 83.9 Å². The third-order valence-electron chi connectivity index (χ3n) is 7.24. The lowest BCUT2D eigenvalue weighted by atomic mass is 9.71. The molecular weight excluding hydrogens is 513 g/mol. The highest BCUT2D eigenvalue weighted by molar-refractivity contribution is 6.37. The molecule has 0 aromatic heterocycles. The second-order valence-corrected chi connectivity index (χ2v) is 10.6. The summed E-state index contributed by atoms with van der Waals surface area (Å²) in [7, 11) is 0. The minimum Gasteiger partial charge on any atom is -0.486 e. The first-order valence-electron chi connectivity index (χ1n) is 12.4. The zero-order chi connectivity index (χ0) is 26.3. The number of benzene rings is 2. The van der Waals surface area contributed by atoms with E-state index in [-0.39, 0.29) is 24.7 Å². The highest BCUT2D eigenvalue weighted by Crippen LogP contribution is 2.50. The molecular formula is C29H27Cl2NO5. The third kappa shape index (κ3) is 4.92. The number of carboxylic acid groups (broad SMARTS) is 1. The summed E-state index contributed by atoms with van der Waals surface area (Å²) in [5, 5.41) is 10.2. The maximum absolute atomic E-state index is 13.3. The summed E-state index contributed by atoms with van der Waals surface area (Å²) in [4.78, 5) is 40.0. The Bertz CT molecular complexity index is 1290. The lowest BCUT2D eigenvalue weighted by molar-refractivity contribution is -0.138. The predicted molar refractivity (Wildman–Crippen MR) is 141 cm³/mol. The van der Waals surface area contributed by atoms with Crippen molar-refractivity contribution in [1.29, 1.82) is 0 Å². The molecule has 8 heteroatoms. The van der Waals surface area contributed by atoms with Crippen LogP contribution in [0.25, 0.3) is 0 Å². The quantitative estimate of drug-likeness (QED) is 0.458. The number of carbonyl (C=O) groups excluding carboxylic acids is 2. The standard InChI is InChI=1S/C29H27Cl2NO5/c1-16-8-10-17(11-9-16)15-37-29-19(30)12-18(13-20(29)31)26-27-21(4-2-6-23(27)33)32(14-25(35)36)22-5-3-7-24(34)28(22)26/h8-13,26H,2-7,14-15H2,1H3,(H,35,36). The first-order valence-corrected chi connectivity index (χ1v) is 13.2. The van der Waals surface area contributed by atoms with Crippen molar-refractivity contribution in [2.24, 2.45) is 0 Å². The van der Waals surface area contributed by atoms with Gasteiger partial charge in [-0.1, -0.05) is 53.0 Å². The molecule has 3 aliphatic rings. The van der Waals surface area contributed by atoms with Crippen molar-refractivity contribution in [2.45, 2.75) is 58.0 Å². The molecule has 37 heavy (non-hydrogen) atoms. The predicted octanol–water partition coefficient (Wildman–Crippen LogP) is 6.38. The zero-order valence-corrected chi connectivity index (χ0v) is 22.0. The van der Waals surface area contributed by atoms with Crippen LogP contribution in [-0.2, 0) is 21.0 Å². The number of carbonyl (C=O) groups is 3. The fourth-order valence-electron chi connectivity index (χ4n) is 5.60. The molecule has 0 bridgehead atoms. The lowest BCUT2D eigenvalue weighted by Gasteiger charge is -2.43. The van der Waals surface area contributed by atoms with Gasteiger partial charge in [0.05, 0.1) is 10.0 Å². The van der Waals surface area contributed by atoms with Crippen LogP contribution in [0.3, 0.4) is 0 Å². The van der Waals surface area contributed by atoms with Gasteiger partial charge in [-0.2, -0.15) is 0 Å². The van der Waals surface area contributed by atoms with Crippen molar-refractivity contribution in [3.05, 3.63) is 85.7 Å². The number of Topliss-reactive ketones (excluding diaryl/α,β-unsaturated/α-hetero) is 2. The number of rotatable bonds is 6. The minimum atomic E-state index is -1.01. The van der Waals surface area contributed by atoms with E-state index >= 15 is 0 Å². The van der Waals surface area contributed by atoms with Gasteiger partial charge in [0.2, 0.25) is 0 Å². The van der Waals surface area contributed by atoms with E-state index in [0.29, 0.717) is 82.4 Å². The van der Waals surface area contributed by atoms with Gasteiger partial charge in [0.25, 0.3) is 0 Å². The maximum atomic E-state index is 13.3. The molecule has 6 nitrogen and oxygen atoms in total. The summed E-state index contributed by atoms with van der Waals surface area (Å²) in [6, 6.07) is 11.4. The van der Waals surface area contributed by atoms with Crippen molar-refractivity contribution < 1.29 is 24.2 Å². The Hall–Kier alpha value is -3.09. The highest BCUT2D eigenvalue weighted by Gasteiger charge is 2.44. The second kappa shape index (κ2) is 10.3. The molecule has 1 N–H and O–H groups in total. The second-order valence-electron chi connectivity index (χ2n) is 9.78. The van der Waals surface area contributed by atoms with Crippen molar-refractivity contribution in [3.8, 4) is 5.75 Å². The Morgan fingerprint density at radius 2 is 1.49 bits per heavy atom. The van der Waals surface area contributed by atoms with Crippen LogP contribution < -0.4 is 4.74 Å². The first-order chi connectivity index (χ1) is 17.7. The molecule has 0 saturated carbocycles. The molecule has 5 rings (SSSR count). The molecule has 0 unspecified atom stereocenters. The van der Waals surface area contributed by atoms with Crippen molar-refractivity contribution in [3.63, 3.8) is 0 Å². The fourth-order valence-corrected chi connectivity index (χ4v) is 6.21. The van der Waals surface area contributed by atoms with Crippen LogP contribution in [0.5, 0.6) is 5.75 Å². The Morgan fingerprint density at radius 1 is 0.946 bits per heavy atom. The molecule has 1 aliphatic heterocycles. The van der Waals surface area contributed by atoms with E-state index in [4.69, 9.17) is 27.9 Å². The highest BCUT2D eigenvalue weighted by atomic mass is 35.5.